The summed E-state index contributed by atoms with van der Waals surface area (Å²) >= 11 is 0. The molecule has 2 unspecified atom stereocenters. The van der Waals surface area contributed by atoms with Gasteiger partial charge >= 0.3 is 5.97 Å². The molecule has 0 spiro atoms. The Hall–Kier alpha value is -0.660. The lowest BCUT2D eigenvalue weighted by atomic mass is 9.90. The first-order chi connectivity index (χ1) is 8.92. The Labute approximate surface area is 114 Å². The summed E-state index contributed by atoms with van der Waals surface area (Å²) in [4.78, 5) is 11.3. The molecule has 0 aromatic carbocycles. The number of nitrogens with zero attached hydrogens (tertiary/aromatic N) is 1. The molecule has 0 aromatic rings. The summed E-state index contributed by atoms with van der Waals surface area (Å²) < 4.78 is 30.5. The van der Waals surface area contributed by atoms with E-state index in [1.807, 2.05) is 6.92 Å². The highest BCUT2D eigenvalue weighted by Gasteiger charge is 2.39. The zero-order chi connectivity index (χ0) is 14.5. The fourth-order valence-corrected chi connectivity index (χ4v) is 3.88. The lowest BCUT2D eigenvalue weighted by molar-refractivity contribution is -0.143. The molecule has 0 radical (unpaired) electrons. The number of rotatable bonds is 7. The minimum absolute atomic E-state index is 0.110. The third-order valence-electron chi connectivity index (χ3n) is 3.57. The average molecular weight is 293 g/mol. The van der Waals surface area contributed by atoms with Crippen molar-refractivity contribution in [1.82, 2.24) is 4.31 Å². The maximum Gasteiger partial charge on any atom is 0.322 e. The summed E-state index contributed by atoms with van der Waals surface area (Å²) in [5, 5.41) is 9.22. The van der Waals surface area contributed by atoms with Crippen LogP contribution < -0.4 is 0 Å². The number of carboxylic acids is 1. The molecular weight excluding hydrogens is 270 g/mol. The minimum atomic E-state index is -3.55. The van der Waals surface area contributed by atoms with Gasteiger partial charge in [0.05, 0.1) is 12.4 Å². The van der Waals surface area contributed by atoms with Gasteiger partial charge in [-0.15, -0.1) is 0 Å². The van der Waals surface area contributed by atoms with Crippen molar-refractivity contribution in [3.05, 3.63) is 0 Å². The second-order valence-electron chi connectivity index (χ2n) is 4.78. The largest absolute Gasteiger partial charge is 0.480 e. The van der Waals surface area contributed by atoms with Crippen molar-refractivity contribution in [2.24, 2.45) is 5.92 Å². The first-order valence-corrected chi connectivity index (χ1v) is 8.33. The summed E-state index contributed by atoms with van der Waals surface area (Å²) in [6, 6.07) is -0.926. The van der Waals surface area contributed by atoms with Crippen LogP contribution in [0.4, 0.5) is 0 Å². The molecule has 1 aliphatic heterocycles. The van der Waals surface area contributed by atoms with Crippen molar-refractivity contribution in [3.63, 3.8) is 0 Å². The van der Waals surface area contributed by atoms with Crippen LogP contribution >= 0.6 is 0 Å². The van der Waals surface area contributed by atoms with Gasteiger partial charge in [0.25, 0.3) is 0 Å². The van der Waals surface area contributed by atoms with Gasteiger partial charge in [-0.2, -0.15) is 4.31 Å². The van der Waals surface area contributed by atoms with E-state index in [2.05, 4.69) is 0 Å². The molecule has 0 aliphatic carbocycles. The lowest BCUT2D eigenvalue weighted by Crippen LogP contribution is -2.51. The minimum Gasteiger partial charge on any atom is -0.480 e. The summed E-state index contributed by atoms with van der Waals surface area (Å²) in [7, 11) is -3.55. The molecule has 0 bridgehead atoms. The maximum absolute atomic E-state index is 12.2. The molecule has 0 aromatic heterocycles. The van der Waals surface area contributed by atoms with E-state index >= 15 is 0 Å². The van der Waals surface area contributed by atoms with Crippen molar-refractivity contribution >= 4 is 16.0 Å². The van der Waals surface area contributed by atoms with Gasteiger partial charge in [0, 0.05) is 13.2 Å². The lowest BCUT2D eigenvalue weighted by Gasteiger charge is -2.35. The van der Waals surface area contributed by atoms with Crippen molar-refractivity contribution in [2.75, 3.05) is 25.5 Å². The fraction of sp³-hybridized carbons (Fsp3) is 0.917. The third kappa shape index (κ3) is 4.43. The van der Waals surface area contributed by atoms with Crippen LogP contribution in [0.3, 0.4) is 0 Å². The Kier molecular flexibility index (Phi) is 6.22. The van der Waals surface area contributed by atoms with E-state index in [1.54, 1.807) is 6.92 Å². The second kappa shape index (κ2) is 7.21. The molecule has 6 nitrogen and oxygen atoms in total. The molecule has 112 valence electrons. The fourth-order valence-electron chi connectivity index (χ4n) is 2.37. The molecular formula is C12H23NO5S. The van der Waals surface area contributed by atoms with Crippen LogP contribution in [0, 0.1) is 5.92 Å². The van der Waals surface area contributed by atoms with Crippen molar-refractivity contribution in [1.29, 1.82) is 0 Å². The van der Waals surface area contributed by atoms with Crippen molar-refractivity contribution < 1.29 is 23.1 Å². The zero-order valence-electron chi connectivity index (χ0n) is 11.5. The highest BCUT2D eigenvalue weighted by Crippen LogP contribution is 2.27. The molecule has 1 saturated heterocycles. The van der Waals surface area contributed by atoms with E-state index in [1.165, 1.54) is 0 Å². The smallest absolute Gasteiger partial charge is 0.322 e. The summed E-state index contributed by atoms with van der Waals surface area (Å²) in [5.41, 5.74) is 0. The molecule has 1 aliphatic rings. The first kappa shape index (κ1) is 16.4. The molecule has 1 rings (SSSR count). The van der Waals surface area contributed by atoms with Crippen LogP contribution in [-0.4, -0.2) is 55.4 Å². The number of aliphatic carboxylic acids is 1. The van der Waals surface area contributed by atoms with Crippen LogP contribution in [0.1, 0.15) is 33.1 Å². The van der Waals surface area contributed by atoms with Gasteiger partial charge < -0.3 is 9.84 Å². The van der Waals surface area contributed by atoms with Gasteiger partial charge in [-0.3, -0.25) is 4.79 Å². The topological polar surface area (TPSA) is 83.9 Å². The van der Waals surface area contributed by atoms with E-state index < -0.39 is 22.0 Å². The molecule has 1 N–H and O–H groups in total. The van der Waals surface area contributed by atoms with Crippen LogP contribution in [0.5, 0.6) is 0 Å². The monoisotopic (exact) mass is 293 g/mol. The van der Waals surface area contributed by atoms with E-state index in [-0.39, 0.29) is 12.4 Å². The summed E-state index contributed by atoms with van der Waals surface area (Å²) in [6.07, 6.45) is 2.02. The average Bonchev–Trinajstić information content (AvgIpc) is 2.38. The first-order valence-electron chi connectivity index (χ1n) is 6.72. The van der Waals surface area contributed by atoms with E-state index in [0.29, 0.717) is 25.5 Å². The Morgan fingerprint density at radius 2 is 2.11 bits per heavy atom. The number of hydrogen-bond acceptors (Lipinski definition) is 4. The molecule has 1 fully saturated rings. The Bertz CT molecular complexity index is 395. The number of sulfonamides is 1. The quantitative estimate of drug-likeness (QED) is 0.706. The molecule has 0 amide bonds. The predicted octanol–water partition coefficient (Wildman–Crippen LogP) is 0.928. The molecule has 19 heavy (non-hydrogen) atoms. The highest BCUT2D eigenvalue weighted by atomic mass is 32.2. The van der Waals surface area contributed by atoms with Crippen LogP contribution in [0.15, 0.2) is 0 Å². The Morgan fingerprint density at radius 1 is 1.42 bits per heavy atom. The van der Waals surface area contributed by atoms with Gasteiger partial charge in [-0.05, 0) is 25.7 Å². The standard InChI is InChI=1S/C12H23NO5S/c1-3-10-5-6-13(11(9-10)12(14)15)19(16,17)8-7-18-4-2/h10-11H,3-9H2,1-2H3,(H,14,15). The van der Waals surface area contributed by atoms with Crippen LogP contribution in [-0.2, 0) is 19.6 Å². The number of hydrogen-bond donors (Lipinski definition) is 1. The molecule has 0 saturated carbocycles. The molecule has 2 atom stereocenters. The van der Waals surface area contributed by atoms with Gasteiger partial charge in [-0.1, -0.05) is 13.3 Å². The zero-order valence-corrected chi connectivity index (χ0v) is 12.4. The van der Waals surface area contributed by atoms with Crippen molar-refractivity contribution in [2.45, 2.75) is 39.2 Å². The van der Waals surface area contributed by atoms with Gasteiger partial charge in [-0.25, -0.2) is 8.42 Å². The summed E-state index contributed by atoms with van der Waals surface area (Å²) in [6.45, 7) is 4.65. The van der Waals surface area contributed by atoms with E-state index in [9.17, 15) is 18.3 Å². The number of piperidine rings is 1. The van der Waals surface area contributed by atoms with E-state index in [4.69, 9.17) is 4.74 Å². The second-order valence-corrected chi connectivity index (χ2v) is 6.82. The Morgan fingerprint density at radius 3 is 2.63 bits per heavy atom. The SMILES string of the molecule is CCOCCS(=O)(=O)N1CCC(CC)CC1C(=O)O. The van der Waals surface area contributed by atoms with Gasteiger partial charge in [0.1, 0.15) is 6.04 Å². The van der Waals surface area contributed by atoms with Gasteiger partial charge in [0.15, 0.2) is 0 Å². The number of ether oxygens (including phenoxy) is 1. The summed E-state index contributed by atoms with van der Waals surface area (Å²) in [5.74, 6) is -0.918. The highest BCUT2D eigenvalue weighted by molar-refractivity contribution is 7.89. The third-order valence-corrected chi connectivity index (χ3v) is 5.41. The predicted molar refractivity (Wildman–Crippen MR) is 71.4 cm³/mol. The molecule has 7 heteroatoms. The Balaban J connectivity index is 2.76. The van der Waals surface area contributed by atoms with Crippen LogP contribution in [0.2, 0.25) is 0 Å². The van der Waals surface area contributed by atoms with Crippen molar-refractivity contribution in [3.8, 4) is 0 Å². The number of carboxylic acid groups (broad SMARTS) is 1. The molecule has 1 heterocycles. The van der Waals surface area contributed by atoms with Crippen LogP contribution in [0.25, 0.3) is 0 Å². The number of carbonyl (C=O) groups is 1. The van der Waals surface area contributed by atoms with E-state index in [0.717, 1.165) is 17.1 Å². The normalized spacial score (nSPS) is 25.4. The maximum atomic E-state index is 12.2. The van der Waals surface area contributed by atoms with Gasteiger partial charge in [0.2, 0.25) is 10.0 Å².